The van der Waals surface area contributed by atoms with Crippen molar-refractivity contribution < 1.29 is 9.47 Å². The number of hydrogen-bond acceptors (Lipinski definition) is 12. The zero-order valence-electron chi connectivity index (χ0n) is 22.9. The summed E-state index contributed by atoms with van der Waals surface area (Å²) in [6, 6.07) is 7.53. The Hall–Kier alpha value is -4.62. The van der Waals surface area contributed by atoms with Gasteiger partial charge in [0.1, 0.15) is 23.7 Å². The minimum absolute atomic E-state index is 0.231. The van der Waals surface area contributed by atoms with Gasteiger partial charge in [0.15, 0.2) is 0 Å². The highest BCUT2D eigenvalue weighted by atomic mass is 16.5. The highest BCUT2D eigenvalue weighted by Gasteiger charge is 2.24. The first kappa shape index (κ1) is 27.0. The molecule has 6 heterocycles. The van der Waals surface area contributed by atoms with Crippen molar-refractivity contribution >= 4 is 23.8 Å². The van der Waals surface area contributed by atoms with Crippen molar-refractivity contribution in [1.29, 1.82) is 0 Å². The largest absolute Gasteiger partial charge is 0.490 e. The number of hydrogen-bond donors (Lipinski definition) is 2. The molecular weight excluding hydrogens is 512 g/mol. The fourth-order valence-electron chi connectivity index (χ4n) is 4.75. The first-order chi connectivity index (χ1) is 19.4. The van der Waals surface area contributed by atoms with Gasteiger partial charge in [-0.2, -0.15) is 9.97 Å². The molecule has 6 rings (SSSR count). The molecule has 4 aromatic heterocycles. The van der Waals surface area contributed by atoms with Crippen LogP contribution in [0.25, 0.3) is 0 Å². The van der Waals surface area contributed by atoms with Gasteiger partial charge in [-0.1, -0.05) is 0 Å². The third-order valence-electron chi connectivity index (χ3n) is 6.90. The van der Waals surface area contributed by atoms with E-state index in [1.54, 1.807) is 41.2 Å². The Morgan fingerprint density at radius 1 is 0.675 bits per heavy atom. The van der Waals surface area contributed by atoms with Crippen molar-refractivity contribution in [1.82, 2.24) is 39.5 Å². The number of ether oxygens (including phenoxy) is 2. The molecule has 40 heavy (non-hydrogen) atoms. The first-order valence-electron chi connectivity index (χ1n) is 13.4. The number of rotatable bonds is 6. The van der Waals surface area contributed by atoms with Gasteiger partial charge in [-0.25, -0.2) is 9.36 Å². The zero-order valence-corrected chi connectivity index (χ0v) is 22.9. The lowest BCUT2D eigenvalue weighted by atomic mass is 10.1. The Bertz CT molecular complexity index is 1310. The van der Waals surface area contributed by atoms with E-state index in [2.05, 4.69) is 39.9 Å². The summed E-state index contributed by atoms with van der Waals surface area (Å²) in [5.74, 6) is 4.03. The maximum absolute atomic E-state index is 5.94. The summed E-state index contributed by atoms with van der Waals surface area (Å²) in [7, 11) is 3.66. The summed E-state index contributed by atoms with van der Waals surface area (Å²) in [6.45, 7) is 3.53. The molecule has 14 nitrogen and oxygen atoms in total. The molecule has 2 saturated heterocycles. The summed E-state index contributed by atoms with van der Waals surface area (Å²) in [5.41, 5.74) is 11.3. The van der Waals surface area contributed by atoms with Gasteiger partial charge >= 0.3 is 0 Å². The van der Waals surface area contributed by atoms with E-state index < -0.39 is 0 Å². The van der Waals surface area contributed by atoms with Crippen LogP contribution in [-0.2, 0) is 14.1 Å². The highest BCUT2D eigenvalue weighted by molar-refractivity contribution is 5.36. The molecule has 4 N–H and O–H groups in total. The standard InChI is InChI=1S/2C13H18N6O/c1-18-12(14)16-13(17-18)19-8-4-11(5-9-19)20-10-2-6-15-7-3-10;1-18-13(16-12(14)17-18)19-8-4-11(5-9-19)20-10-2-6-15-7-3-10/h2-3,6-7,11H,4-5,8-9H2,1H3,(H2,14,16,17);2-3,6-7,11H,4-5,8-9H2,1H3,(H2,14,17). The van der Waals surface area contributed by atoms with E-state index in [0.717, 1.165) is 69.3 Å². The van der Waals surface area contributed by atoms with Gasteiger partial charge < -0.3 is 30.7 Å². The minimum Gasteiger partial charge on any atom is -0.490 e. The fourth-order valence-corrected chi connectivity index (χ4v) is 4.75. The monoisotopic (exact) mass is 548 g/mol. The van der Waals surface area contributed by atoms with Crippen LogP contribution in [0, 0.1) is 0 Å². The van der Waals surface area contributed by atoms with Gasteiger partial charge in [-0.05, 0) is 24.3 Å². The molecule has 2 fully saturated rings. The molecule has 0 bridgehead atoms. The third kappa shape index (κ3) is 6.87. The normalized spacial score (nSPS) is 16.4. The maximum Gasteiger partial charge on any atom is 0.246 e. The van der Waals surface area contributed by atoms with Crippen molar-refractivity contribution in [3.63, 3.8) is 0 Å². The summed E-state index contributed by atoms with van der Waals surface area (Å²) in [6.07, 6.45) is 11.2. The molecule has 0 spiro atoms. The lowest BCUT2D eigenvalue weighted by Crippen LogP contribution is -2.39. The molecule has 0 saturated carbocycles. The predicted octanol–water partition coefficient (Wildman–Crippen LogP) is 1.68. The van der Waals surface area contributed by atoms with Crippen LogP contribution in [0.3, 0.4) is 0 Å². The molecular formula is C26H36N12O2. The average Bonchev–Trinajstić information content (AvgIpc) is 3.50. The second-order valence-electron chi connectivity index (χ2n) is 9.76. The lowest BCUT2D eigenvalue weighted by molar-refractivity contribution is 0.170. The lowest BCUT2D eigenvalue weighted by Gasteiger charge is -2.32. The average molecular weight is 549 g/mol. The number of nitrogens with two attached hydrogens (primary N) is 2. The van der Waals surface area contributed by atoms with Crippen LogP contribution >= 0.6 is 0 Å². The van der Waals surface area contributed by atoms with E-state index in [1.165, 1.54) is 0 Å². The van der Waals surface area contributed by atoms with Crippen molar-refractivity contribution in [3.05, 3.63) is 49.1 Å². The molecule has 0 aromatic carbocycles. The molecule has 0 unspecified atom stereocenters. The van der Waals surface area contributed by atoms with Gasteiger partial charge in [0, 0.05) is 90.7 Å². The van der Waals surface area contributed by atoms with Crippen molar-refractivity contribution in [2.75, 3.05) is 47.4 Å². The van der Waals surface area contributed by atoms with Crippen LogP contribution in [0.1, 0.15) is 25.7 Å². The van der Waals surface area contributed by atoms with Crippen LogP contribution in [0.4, 0.5) is 23.8 Å². The molecule has 0 radical (unpaired) electrons. The van der Waals surface area contributed by atoms with Crippen molar-refractivity contribution in [2.24, 2.45) is 14.1 Å². The van der Waals surface area contributed by atoms with Crippen molar-refractivity contribution in [2.45, 2.75) is 37.9 Å². The zero-order chi connectivity index (χ0) is 27.9. The third-order valence-corrected chi connectivity index (χ3v) is 6.90. The second-order valence-corrected chi connectivity index (χ2v) is 9.76. The van der Waals surface area contributed by atoms with E-state index in [-0.39, 0.29) is 12.2 Å². The SMILES string of the molecule is Cn1nc(N)nc1N1CCC(Oc2ccncc2)CC1.Cn1nc(N2CCC(Oc3ccncc3)CC2)nc1N. The number of piperidine rings is 2. The van der Waals surface area contributed by atoms with Gasteiger partial charge in [0.05, 0.1) is 0 Å². The van der Waals surface area contributed by atoms with Gasteiger partial charge in [0.2, 0.25) is 23.8 Å². The smallest absolute Gasteiger partial charge is 0.246 e. The van der Waals surface area contributed by atoms with E-state index in [0.29, 0.717) is 17.8 Å². The number of nitrogens with zero attached hydrogens (tertiary/aromatic N) is 10. The topological polar surface area (TPSA) is 164 Å². The van der Waals surface area contributed by atoms with Crippen LogP contribution in [-0.4, -0.2) is 77.9 Å². The first-order valence-corrected chi connectivity index (χ1v) is 13.4. The van der Waals surface area contributed by atoms with E-state index in [4.69, 9.17) is 20.9 Å². The Morgan fingerprint density at radius 3 is 1.60 bits per heavy atom. The molecule has 0 amide bonds. The number of pyridine rings is 2. The van der Waals surface area contributed by atoms with E-state index in [9.17, 15) is 0 Å². The Labute approximate surface area is 232 Å². The molecule has 2 aliphatic rings. The molecule has 212 valence electrons. The Kier molecular flexibility index (Phi) is 8.42. The van der Waals surface area contributed by atoms with E-state index >= 15 is 0 Å². The number of aryl methyl sites for hydroxylation is 2. The summed E-state index contributed by atoms with van der Waals surface area (Å²) >= 11 is 0. The Balaban J connectivity index is 0.000000161. The molecule has 4 aromatic rings. The second kappa shape index (κ2) is 12.5. The van der Waals surface area contributed by atoms with Crippen LogP contribution in [0.15, 0.2) is 49.1 Å². The summed E-state index contributed by atoms with van der Waals surface area (Å²) in [4.78, 5) is 20.8. The fraction of sp³-hybridized carbons (Fsp3) is 0.462. The van der Waals surface area contributed by atoms with Crippen LogP contribution < -0.4 is 30.7 Å². The molecule has 14 heteroatoms. The van der Waals surface area contributed by atoms with Gasteiger partial charge in [0.25, 0.3) is 0 Å². The van der Waals surface area contributed by atoms with E-state index in [1.807, 2.05) is 31.3 Å². The number of anilines is 4. The molecule has 2 aliphatic heterocycles. The van der Waals surface area contributed by atoms with Gasteiger partial charge in [-0.15, -0.1) is 10.2 Å². The quantitative estimate of drug-likeness (QED) is 0.359. The maximum atomic E-state index is 5.94. The Morgan fingerprint density at radius 2 is 1.18 bits per heavy atom. The van der Waals surface area contributed by atoms with Crippen molar-refractivity contribution in [3.8, 4) is 11.5 Å². The number of aromatic nitrogens is 8. The van der Waals surface area contributed by atoms with Crippen LogP contribution in [0.5, 0.6) is 11.5 Å². The van der Waals surface area contributed by atoms with Gasteiger partial charge in [-0.3, -0.25) is 9.97 Å². The highest BCUT2D eigenvalue weighted by Crippen LogP contribution is 2.23. The van der Waals surface area contributed by atoms with Crippen LogP contribution in [0.2, 0.25) is 0 Å². The summed E-state index contributed by atoms with van der Waals surface area (Å²) < 4.78 is 15.2. The number of nitrogen functional groups attached to an aromatic ring is 2. The predicted molar refractivity (Wildman–Crippen MR) is 151 cm³/mol. The molecule has 0 atom stereocenters. The summed E-state index contributed by atoms with van der Waals surface area (Å²) in [5, 5.41) is 8.38. The molecule has 0 aliphatic carbocycles. The minimum atomic E-state index is 0.231.